The van der Waals surface area contributed by atoms with Crippen LogP contribution in [0.3, 0.4) is 0 Å². The van der Waals surface area contributed by atoms with Crippen LogP contribution in [0.1, 0.15) is 22.2 Å². The highest BCUT2D eigenvalue weighted by molar-refractivity contribution is 7.09. The predicted octanol–water partition coefficient (Wildman–Crippen LogP) is 2.95. The van der Waals surface area contributed by atoms with Gasteiger partial charge < -0.3 is 4.74 Å². The molecule has 0 aliphatic rings. The van der Waals surface area contributed by atoms with Gasteiger partial charge in [-0.25, -0.2) is 9.78 Å². The topological polar surface area (TPSA) is 83.2 Å². The van der Waals surface area contributed by atoms with Crippen LogP contribution in [0.4, 0.5) is 0 Å². The van der Waals surface area contributed by atoms with Gasteiger partial charge in [0.25, 0.3) is 5.56 Å². The van der Waals surface area contributed by atoms with E-state index in [2.05, 4.69) is 4.98 Å². The maximum absolute atomic E-state index is 13.2. The molecule has 0 unspecified atom stereocenters. The number of ether oxygens (including phenoxy) is 1. The SMILES string of the molecule is CCOc1ccc(C(=O)Cn2c(=O)n(Cc3cccs3)c(=O)c3ncccc32)cc1. The van der Waals surface area contributed by atoms with Gasteiger partial charge in [0.2, 0.25) is 0 Å². The zero-order chi connectivity index (χ0) is 21.1. The molecule has 0 aliphatic heterocycles. The second kappa shape index (κ2) is 8.46. The van der Waals surface area contributed by atoms with Gasteiger partial charge in [-0.3, -0.25) is 18.7 Å². The van der Waals surface area contributed by atoms with E-state index < -0.39 is 11.2 Å². The number of hydrogen-bond acceptors (Lipinski definition) is 6. The Bertz CT molecular complexity index is 1310. The summed E-state index contributed by atoms with van der Waals surface area (Å²) < 4.78 is 7.85. The van der Waals surface area contributed by atoms with Crippen LogP contribution in [0, 0.1) is 0 Å². The summed E-state index contributed by atoms with van der Waals surface area (Å²) in [7, 11) is 0. The number of benzene rings is 1. The summed E-state index contributed by atoms with van der Waals surface area (Å²) in [6.07, 6.45) is 1.50. The Labute approximate surface area is 175 Å². The van der Waals surface area contributed by atoms with E-state index in [0.29, 0.717) is 23.4 Å². The van der Waals surface area contributed by atoms with Gasteiger partial charge >= 0.3 is 5.69 Å². The molecule has 3 aromatic heterocycles. The zero-order valence-electron chi connectivity index (χ0n) is 16.3. The standard InChI is InChI=1S/C22H19N3O4S/c1-2-29-16-9-7-15(8-10-16)19(26)14-24-18-6-3-11-23-20(18)21(27)25(22(24)28)13-17-5-4-12-30-17/h3-12H,2,13-14H2,1H3. The Kier molecular flexibility index (Phi) is 5.58. The van der Waals surface area contributed by atoms with Gasteiger partial charge in [0.15, 0.2) is 11.3 Å². The van der Waals surface area contributed by atoms with Crippen molar-refractivity contribution in [3.05, 3.63) is 91.4 Å². The maximum atomic E-state index is 13.2. The summed E-state index contributed by atoms with van der Waals surface area (Å²) in [5.74, 6) is 0.428. The Hall–Kier alpha value is -3.52. The van der Waals surface area contributed by atoms with E-state index >= 15 is 0 Å². The number of carbonyl (C=O) groups is 1. The number of fused-ring (bicyclic) bond motifs is 1. The summed E-state index contributed by atoms with van der Waals surface area (Å²) in [6, 6.07) is 13.8. The highest BCUT2D eigenvalue weighted by Gasteiger charge is 2.17. The van der Waals surface area contributed by atoms with Crippen LogP contribution >= 0.6 is 11.3 Å². The van der Waals surface area contributed by atoms with Crippen LogP contribution in [0.25, 0.3) is 11.0 Å². The first-order chi connectivity index (χ1) is 14.6. The molecule has 0 bridgehead atoms. The Morgan fingerprint density at radius 3 is 2.57 bits per heavy atom. The van der Waals surface area contributed by atoms with Crippen molar-refractivity contribution in [1.29, 1.82) is 0 Å². The van der Waals surface area contributed by atoms with Crippen molar-refractivity contribution < 1.29 is 9.53 Å². The molecule has 0 saturated heterocycles. The Balaban J connectivity index is 1.76. The predicted molar refractivity (Wildman–Crippen MR) is 116 cm³/mol. The lowest BCUT2D eigenvalue weighted by atomic mass is 10.1. The number of hydrogen-bond donors (Lipinski definition) is 0. The number of Topliss-reactive ketones (excluding diaryl/α,β-unsaturated/α-hetero) is 1. The van der Waals surface area contributed by atoms with Gasteiger partial charge in [-0.15, -0.1) is 11.3 Å². The van der Waals surface area contributed by atoms with Gasteiger partial charge in [-0.05, 0) is 54.8 Å². The fourth-order valence-electron chi connectivity index (χ4n) is 3.23. The van der Waals surface area contributed by atoms with E-state index in [-0.39, 0.29) is 24.4 Å². The molecule has 0 aliphatic carbocycles. The van der Waals surface area contributed by atoms with Crippen LogP contribution < -0.4 is 16.0 Å². The normalized spacial score (nSPS) is 11.0. The van der Waals surface area contributed by atoms with Crippen molar-refractivity contribution in [3.63, 3.8) is 0 Å². The minimum atomic E-state index is -0.534. The van der Waals surface area contributed by atoms with Gasteiger partial charge in [0, 0.05) is 16.6 Å². The lowest BCUT2D eigenvalue weighted by Gasteiger charge is -2.13. The molecule has 0 N–H and O–H groups in total. The molecule has 0 radical (unpaired) electrons. The van der Waals surface area contributed by atoms with Crippen LogP contribution in [-0.4, -0.2) is 26.5 Å². The monoisotopic (exact) mass is 421 g/mol. The molecule has 0 fully saturated rings. The highest BCUT2D eigenvalue weighted by atomic mass is 32.1. The second-order valence-corrected chi connectivity index (χ2v) is 7.62. The molecule has 0 amide bonds. The minimum absolute atomic E-state index is 0.138. The summed E-state index contributed by atoms with van der Waals surface area (Å²) in [4.78, 5) is 44.0. The van der Waals surface area contributed by atoms with Gasteiger partial charge in [-0.1, -0.05) is 6.07 Å². The fraction of sp³-hybridized carbons (Fsp3) is 0.182. The third-order valence-electron chi connectivity index (χ3n) is 4.67. The van der Waals surface area contributed by atoms with Crippen molar-refractivity contribution in [1.82, 2.24) is 14.1 Å². The average molecular weight is 421 g/mol. The summed E-state index contributed by atoms with van der Waals surface area (Å²) >= 11 is 1.46. The third-order valence-corrected chi connectivity index (χ3v) is 5.53. The first kappa shape index (κ1) is 19.8. The van der Waals surface area contributed by atoms with Gasteiger partial charge in [-0.2, -0.15) is 0 Å². The number of aromatic nitrogens is 3. The average Bonchev–Trinajstić information content (AvgIpc) is 3.28. The molecule has 0 saturated carbocycles. The molecule has 7 nitrogen and oxygen atoms in total. The van der Waals surface area contributed by atoms with E-state index in [4.69, 9.17) is 4.74 Å². The highest BCUT2D eigenvalue weighted by Crippen LogP contribution is 2.14. The quantitative estimate of drug-likeness (QED) is 0.429. The molecule has 4 rings (SSSR count). The van der Waals surface area contributed by atoms with E-state index in [0.717, 1.165) is 9.44 Å². The molecule has 1 aromatic carbocycles. The van der Waals surface area contributed by atoms with Crippen molar-refractivity contribution in [2.24, 2.45) is 0 Å². The van der Waals surface area contributed by atoms with Gasteiger partial charge in [0.05, 0.1) is 25.2 Å². The fourth-order valence-corrected chi connectivity index (χ4v) is 3.92. The molecule has 8 heteroatoms. The summed E-state index contributed by atoms with van der Waals surface area (Å²) in [6.45, 7) is 2.36. The first-order valence-electron chi connectivity index (χ1n) is 9.45. The third kappa shape index (κ3) is 3.81. The Morgan fingerprint density at radius 1 is 1.07 bits per heavy atom. The van der Waals surface area contributed by atoms with Crippen molar-refractivity contribution in [3.8, 4) is 5.75 Å². The number of carbonyl (C=O) groups excluding carboxylic acids is 1. The number of nitrogens with zero attached hydrogens (tertiary/aromatic N) is 3. The second-order valence-electron chi connectivity index (χ2n) is 6.59. The lowest BCUT2D eigenvalue weighted by Crippen LogP contribution is -2.41. The first-order valence-corrected chi connectivity index (χ1v) is 10.3. The largest absolute Gasteiger partial charge is 0.494 e. The summed E-state index contributed by atoms with van der Waals surface area (Å²) in [5.41, 5.74) is -0.0391. The van der Waals surface area contributed by atoms with Gasteiger partial charge in [0.1, 0.15) is 5.75 Å². The molecular formula is C22H19N3O4S. The molecule has 0 atom stereocenters. The molecule has 3 heterocycles. The van der Waals surface area contributed by atoms with Crippen LogP contribution in [-0.2, 0) is 13.1 Å². The number of rotatable bonds is 7. The van der Waals surface area contributed by atoms with E-state index in [1.54, 1.807) is 36.4 Å². The van der Waals surface area contributed by atoms with Crippen molar-refractivity contribution in [2.45, 2.75) is 20.0 Å². The Morgan fingerprint density at radius 2 is 1.87 bits per heavy atom. The number of thiophene rings is 1. The number of ketones is 1. The lowest BCUT2D eigenvalue weighted by molar-refractivity contribution is 0.0971. The van der Waals surface area contributed by atoms with Crippen LogP contribution in [0.15, 0.2) is 69.7 Å². The van der Waals surface area contributed by atoms with Crippen LogP contribution in [0.5, 0.6) is 5.75 Å². The van der Waals surface area contributed by atoms with Crippen LogP contribution in [0.2, 0.25) is 0 Å². The van der Waals surface area contributed by atoms with E-state index in [1.165, 1.54) is 22.1 Å². The molecule has 0 spiro atoms. The van der Waals surface area contributed by atoms with E-state index in [1.807, 2.05) is 24.4 Å². The van der Waals surface area contributed by atoms with E-state index in [9.17, 15) is 14.4 Å². The smallest absolute Gasteiger partial charge is 0.332 e. The minimum Gasteiger partial charge on any atom is -0.494 e. The zero-order valence-corrected chi connectivity index (χ0v) is 17.1. The molecular weight excluding hydrogens is 402 g/mol. The van der Waals surface area contributed by atoms with Crippen molar-refractivity contribution >= 4 is 28.2 Å². The molecule has 152 valence electrons. The van der Waals surface area contributed by atoms with Crippen molar-refractivity contribution in [2.75, 3.05) is 6.61 Å². The molecule has 4 aromatic rings. The number of pyridine rings is 1. The molecule has 30 heavy (non-hydrogen) atoms. The summed E-state index contributed by atoms with van der Waals surface area (Å²) in [5, 5.41) is 1.88. The maximum Gasteiger partial charge on any atom is 0.332 e.